The Balaban J connectivity index is 2.47. The Hall–Kier alpha value is -0.130. The highest BCUT2D eigenvalue weighted by atomic mass is 32.2. The summed E-state index contributed by atoms with van der Waals surface area (Å²) in [7, 11) is -2.90. The molecule has 0 amide bonds. The lowest BCUT2D eigenvalue weighted by Gasteiger charge is -2.35. The van der Waals surface area contributed by atoms with Gasteiger partial charge in [0.05, 0.1) is 11.0 Å². The maximum absolute atomic E-state index is 11.9. The van der Waals surface area contributed by atoms with Gasteiger partial charge in [0.15, 0.2) is 9.84 Å². The molecular formula is C13H28N2O2S. The molecule has 4 nitrogen and oxygen atoms in total. The van der Waals surface area contributed by atoms with Gasteiger partial charge in [-0.2, -0.15) is 0 Å². The molecule has 0 aromatic heterocycles. The molecule has 18 heavy (non-hydrogen) atoms. The van der Waals surface area contributed by atoms with Gasteiger partial charge in [0.25, 0.3) is 0 Å². The summed E-state index contributed by atoms with van der Waals surface area (Å²) in [6.07, 6.45) is 3.66. The molecule has 0 bridgehead atoms. The predicted octanol–water partition coefficient (Wildman–Crippen LogP) is 1.27. The van der Waals surface area contributed by atoms with Gasteiger partial charge in [-0.1, -0.05) is 13.3 Å². The van der Waals surface area contributed by atoms with Crippen LogP contribution in [0.5, 0.6) is 0 Å². The molecule has 1 rings (SSSR count). The third kappa shape index (κ3) is 4.86. The van der Waals surface area contributed by atoms with E-state index < -0.39 is 9.84 Å². The Morgan fingerprint density at radius 1 is 1.33 bits per heavy atom. The first-order valence-corrected chi connectivity index (χ1v) is 8.85. The van der Waals surface area contributed by atoms with E-state index in [9.17, 15) is 8.42 Å². The Kier molecular flexibility index (Phi) is 6.60. The van der Waals surface area contributed by atoms with Crippen LogP contribution in [0.15, 0.2) is 0 Å². The number of sulfone groups is 1. The van der Waals surface area contributed by atoms with Crippen LogP contribution < -0.4 is 5.32 Å². The van der Waals surface area contributed by atoms with E-state index in [1.54, 1.807) is 13.8 Å². The number of likely N-dealkylation sites (N-methyl/N-ethyl adjacent to an activating group) is 1. The van der Waals surface area contributed by atoms with Crippen LogP contribution in [0.3, 0.4) is 0 Å². The van der Waals surface area contributed by atoms with Crippen LogP contribution in [0.1, 0.15) is 40.0 Å². The maximum Gasteiger partial charge on any atom is 0.153 e. The van der Waals surface area contributed by atoms with Gasteiger partial charge in [-0.25, -0.2) is 8.42 Å². The molecule has 0 aromatic rings. The predicted molar refractivity (Wildman–Crippen MR) is 76.7 cm³/mol. The van der Waals surface area contributed by atoms with Crippen LogP contribution in [0.2, 0.25) is 0 Å². The van der Waals surface area contributed by atoms with Crippen LogP contribution in [0.4, 0.5) is 0 Å². The summed E-state index contributed by atoms with van der Waals surface area (Å²) in [4.78, 5) is 2.35. The van der Waals surface area contributed by atoms with Crippen molar-refractivity contribution in [3.63, 3.8) is 0 Å². The number of rotatable bonds is 7. The van der Waals surface area contributed by atoms with E-state index in [1.807, 2.05) is 0 Å². The largest absolute Gasteiger partial charge is 0.315 e. The summed E-state index contributed by atoms with van der Waals surface area (Å²) < 4.78 is 23.7. The lowest BCUT2D eigenvalue weighted by Crippen LogP contribution is -2.47. The minimum absolute atomic E-state index is 0.255. The zero-order valence-electron chi connectivity index (χ0n) is 12.0. The highest BCUT2D eigenvalue weighted by molar-refractivity contribution is 7.92. The molecule has 0 radical (unpaired) electrons. The second-order valence-electron chi connectivity index (χ2n) is 5.41. The summed E-state index contributed by atoms with van der Waals surface area (Å²) in [5.74, 6) is 0.299. The van der Waals surface area contributed by atoms with Gasteiger partial charge in [-0.15, -0.1) is 0 Å². The molecule has 1 heterocycles. The van der Waals surface area contributed by atoms with Crippen molar-refractivity contribution in [2.45, 2.75) is 51.3 Å². The lowest BCUT2D eigenvalue weighted by atomic mass is 10.0. The van der Waals surface area contributed by atoms with E-state index in [0.717, 1.165) is 19.6 Å². The third-order valence-corrected chi connectivity index (χ3v) is 5.95. The topological polar surface area (TPSA) is 49.4 Å². The van der Waals surface area contributed by atoms with E-state index >= 15 is 0 Å². The Morgan fingerprint density at radius 3 is 2.67 bits per heavy atom. The number of nitrogens with one attached hydrogen (secondary N) is 1. The molecule has 5 heteroatoms. The van der Waals surface area contributed by atoms with Gasteiger partial charge < -0.3 is 5.32 Å². The number of hydrogen-bond acceptors (Lipinski definition) is 4. The molecule has 1 N–H and O–H groups in total. The summed E-state index contributed by atoms with van der Waals surface area (Å²) in [5, 5.41) is 3.12. The fourth-order valence-electron chi connectivity index (χ4n) is 2.38. The average molecular weight is 276 g/mol. The molecule has 0 spiro atoms. The number of hydrogen-bond donors (Lipinski definition) is 1. The van der Waals surface area contributed by atoms with Gasteiger partial charge in [0.2, 0.25) is 0 Å². The number of piperidine rings is 1. The summed E-state index contributed by atoms with van der Waals surface area (Å²) >= 11 is 0. The van der Waals surface area contributed by atoms with E-state index in [1.165, 1.54) is 19.3 Å². The van der Waals surface area contributed by atoms with Crippen LogP contribution in [-0.4, -0.2) is 56.5 Å². The lowest BCUT2D eigenvalue weighted by molar-refractivity contribution is 0.154. The molecule has 1 unspecified atom stereocenters. The van der Waals surface area contributed by atoms with Gasteiger partial charge in [-0.05, 0) is 39.8 Å². The summed E-state index contributed by atoms with van der Waals surface area (Å²) in [6, 6.07) is 0.515. The third-order valence-electron chi connectivity index (χ3n) is 3.76. The minimum Gasteiger partial charge on any atom is -0.315 e. The first kappa shape index (κ1) is 15.9. The fraction of sp³-hybridized carbons (Fsp3) is 1.00. The molecule has 0 aliphatic carbocycles. The summed E-state index contributed by atoms with van der Waals surface area (Å²) in [5.41, 5.74) is 0. The van der Waals surface area contributed by atoms with Gasteiger partial charge in [0.1, 0.15) is 0 Å². The fourth-order valence-corrected chi connectivity index (χ4v) is 3.34. The second-order valence-corrected chi connectivity index (χ2v) is 8.09. The van der Waals surface area contributed by atoms with Gasteiger partial charge >= 0.3 is 0 Å². The van der Waals surface area contributed by atoms with Crippen molar-refractivity contribution < 1.29 is 8.42 Å². The molecule has 0 aromatic carbocycles. The van der Waals surface area contributed by atoms with E-state index in [4.69, 9.17) is 0 Å². The van der Waals surface area contributed by atoms with E-state index in [-0.39, 0.29) is 5.25 Å². The van der Waals surface area contributed by atoms with Crippen molar-refractivity contribution in [1.29, 1.82) is 0 Å². The second kappa shape index (κ2) is 7.46. The van der Waals surface area contributed by atoms with Crippen LogP contribution >= 0.6 is 0 Å². The van der Waals surface area contributed by atoms with Crippen LogP contribution in [0, 0.1) is 0 Å². The number of likely N-dealkylation sites (tertiary alicyclic amines) is 1. The standard InChI is InChI=1S/C13H28N2O2S/c1-4-14-11-13-7-5-6-8-15(13)9-10-18(16,17)12(2)3/h12-14H,4-11H2,1-3H3. The van der Waals surface area contributed by atoms with Crippen molar-refractivity contribution >= 4 is 9.84 Å². The van der Waals surface area contributed by atoms with Crippen molar-refractivity contribution in [2.24, 2.45) is 0 Å². The zero-order chi connectivity index (χ0) is 13.6. The molecule has 1 atom stereocenters. The first-order valence-electron chi connectivity index (χ1n) is 7.13. The SMILES string of the molecule is CCNCC1CCCCN1CCS(=O)(=O)C(C)C. The molecule has 1 aliphatic rings. The van der Waals surface area contributed by atoms with Gasteiger partial charge in [-0.3, -0.25) is 4.90 Å². The Labute approximate surface area is 112 Å². The maximum atomic E-state index is 11.9. The van der Waals surface area contributed by atoms with Crippen molar-refractivity contribution in [3.8, 4) is 0 Å². The van der Waals surface area contributed by atoms with E-state index in [0.29, 0.717) is 18.3 Å². The van der Waals surface area contributed by atoms with Crippen LogP contribution in [-0.2, 0) is 9.84 Å². The average Bonchev–Trinajstić information content (AvgIpc) is 2.34. The van der Waals surface area contributed by atoms with Crippen molar-refractivity contribution in [3.05, 3.63) is 0 Å². The minimum atomic E-state index is -2.90. The molecule has 1 fully saturated rings. The molecule has 1 aliphatic heterocycles. The normalized spacial score (nSPS) is 22.6. The smallest absolute Gasteiger partial charge is 0.153 e. The van der Waals surface area contributed by atoms with Crippen LogP contribution in [0.25, 0.3) is 0 Å². The quantitative estimate of drug-likeness (QED) is 0.761. The Morgan fingerprint density at radius 2 is 2.06 bits per heavy atom. The highest BCUT2D eigenvalue weighted by Gasteiger charge is 2.24. The zero-order valence-corrected chi connectivity index (χ0v) is 12.8. The Bertz CT molecular complexity index is 328. The monoisotopic (exact) mass is 276 g/mol. The molecule has 0 saturated carbocycles. The number of nitrogens with zero attached hydrogens (tertiary/aromatic N) is 1. The van der Waals surface area contributed by atoms with E-state index in [2.05, 4.69) is 17.1 Å². The highest BCUT2D eigenvalue weighted by Crippen LogP contribution is 2.16. The van der Waals surface area contributed by atoms with Crippen molar-refractivity contribution in [2.75, 3.05) is 31.9 Å². The first-order chi connectivity index (χ1) is 8.47. The molecule has 108 valence electrons. The van der Waals surface area contributed by atoms with Gasteiger partial charge in [0, 0.05) is 19.1 Å². The van der Waals surface area contributed by atoms with Crippen molar-refractivity contribution in [1.82, 2.24) is 10.2 Å². The molecular weight excluding hydrogens is 248 g/mol. The summed E-state index contributed by atoms with van der Waals surface area (Å²) in [6.45, 7) is 9.34. The molecule has 1 saturated heterocycles.